The number of hydrogen-bond donors (Lipinski definition) is 1. The lowest BCUT2D eigenvalue weighted by molar-refractivity contribution is -0.137. The lowest BCUT2D eigenvalue weighted by atomic mass is 9.44. The molecular weight excluding hydrogens is 432 g/mol. The molecule has 6 rings (SSSR count). The Morgan fingerprint density at radius 1 is 1.06 bits per heavy atom. The van der Waals surface area contributed by atoms with Crippen molar-refractivity contribution >= 4 is 10.4 Å². The Bertz CT molecular complexity index is 1080. The number of ether oxygens (including phenoxy) is 1. The average molecular weight is 465 g/mol. The molecule has 4 aliphatic carbocycles. The molecule has 0 radical (unpaired) electrons. The Hall–Kier alpha value is -1.22. The Morgan fingerprint density at radius 3 is 2.59 bits per heavy atom. The molecule has 5 aliphatic rings. The van der Waals surface area contributed by atoms with Crippen molar-refractivity contribution in [2.45, 2.75) is 88.9 Å². The molecule has 176 valence electrons. The minimum Gasteiger partial charge on any atom is -0.431 e. The summed E-state index contributed by atoms with van der Waals surface area (Å²) in [5.41, 5.74) is 0.895. The van der Waals surface area contributed by atoms with Gasteiger partial charge in [0.1, 0.15) is 5.60 Å². The quantitative estimate of drug-likeness (QED) is 0.530. The summed E-state index contributed by atoms with van der Waals surface area (Å²) in [5.74, 6) is 1.81. The SMILES string of the molecule is C[C@]12CC[C@H](OS(=O)(=O)O)CC1CC[C@@H]1C2CC[C@]2(C)[C@@H](c3ccc(=O)oc3)C[C@H]3O[C@]132. The van der Waals surface area contributed by atoms with E-state index in [9.17, 15) is 13.2 Å². The zero-order valence-corrected chi connectivity index (χ0v) is 19.5. The molecule has 1 aliphatic heterocycles. The van der Waals surface area contributed by atoms with Gasteiger partial charge in [0.15, 0.2) is 0 Å². The summed E-state index contributed by atoms with van der Waals surface area (Å²) in [6.45, 7) is 4.78. The summed E-state index contributed by atoms with van der Waals surface area (Å²) in [6, 6.07) is 3.46. The normalized spacial score (nSPS) is 49.5. The van der Waals surface area contributed by atoms with E-state index in [0.29, 0.717) is 36.5 Å². The van der Waals surface area contributed by atoms with Crippen LogP contribution in [0.1, 0.15) is 76.7 Å². The Balaban J connectivity index is 1.27. The van der Waals surface area contributed by atoms with E-state index < -0.39 is 16.5 Å². The van der Waals surface area contributed by atoms with Crippen LogP contribution in [-0.2, 0) is 19.3 Å². The Morgan fingerprint density at radius 2 is 1.88 bits per heavy atom. The first-order valence-electron chi connectivity index (χ1n) is 12.0. The maximum absolute atomic E-state index is 11.5. The lowest BCUT2D eigenvalue weighted by Crippen LogP contribution is -2.58. The minimum atomic E-state index is -4.41. The average Bonchev–Trinajstić information content (AvgIpc) is 3.38. The molecule has 32 heavy (non-hydrogen) atoms. The van der Waals surface area contributed by atoms with Gasteiger partial charge in [0.05, 0.1) is 18.5 Å². The van der Waals surface area contributed by atoms with Gasteiger partial charge in [-0.15, -0.1) is 0 Å². The third-order valence-corrected chi connectivity index (χ3v) is 10.9. The zero-order valence-electron chi connectivity index (χ0n) is 18.7. The first-order chi connectivity index (χ1) is 15.1. The molecule has 7 nitrogen and oxygen atoms in total. The number of epoxide rings is 1. The van der Waals surface area contributed by atoms with Crippen LogP contribution in [0.5, 0.6) is 0 Å². The van der Waals surface area contributed by atoms with Gasteiger partial charge in [-0.1, -0.05) is 13.8 Å². The monoisotopic (exact) mass is 464 g/mol. The molecule has 1 spiro atoms. The van der Waals surface area contributed by atoms with Gasteiger partial charge in [0.25, 0.3) is 0 Å². The molecule has 9 atom stereocenters. The fourth-order valence-corrected chi connectivity index (χ4v) is 9.50. The van der Waals surface area contributed by atoms with E-state index in [4.69, 9.17) is 17.9 Å². The van der Waals surface area contributed by atoms with Crippen LogP contribution in [0.25, 0.3) is 0 Å². The largest absolute Gasteiger partial charge is 0.431 e. The lowest BCUT2D eigenvalue weighted by Gasteiger charge is -2.61. The van der Waals surface area contributed by atoms with Crippen molar-refractivity contribution in [3.05, 3.63) is 34.4 Å². The van der Waals surface area contributed by atoms with Crippen LogP contribution in [0.3, 0.4) is 0 Å². The molecule has 1 aromatic heterocycles. The summed E-state index contributed by atoms with van der Waals surface area (Å²) in [5, 5.41) is 0. The first kappa shape index (κ1) is 21.3. The van der Waals surface area contributed by atoms with E-state index >= 15 is 0 Å². The highest BCUT2D eigenvalue weighted by Gasteiger charge is 2.80. The predicted octanol–water partition coefficient (Wildman–Crippen LogP) is 4.09. The summed E-state index contributed by atoms with van der Waals surface area (Å²) >= 11 is 0. The maximum atomic E-state index is 11.5. The van der Waals surface area contributed by atoms with Crippen molar-refractivity contribution in [2.24, 2.45) is 28.6 Å². The predicted molar refractivity (Wildman–Crippen MR) is 115 cm³/mol. The molecule has 4 saturated carbocycles. The van der Waals surface area contributed by atoms with Crippen molar-refractivity contribution in [3.8, 4) is 0 Å². The molecule has 2 heterocycles. The van der Waals surface area contributed by atoms with Crippen LogP contribution in [0, 0.1) is 28.6 Å². The standard InChI is InChI=1S/C24H32O7S/c1-22-9-7-16(31-32(26,27)28)11-15(22)4-5-18-17(22)8-10-23(2)19(12-20-24(18,23)30-20)14-3-6-21(25)29-13-14/h3,6,13,15-20H,4-5,7-12H2,1-2H3,(H,26,27,28)/t15?,16-,17?,18+,19+,20+,22-,23+,24+/m0/s1. The van der Waals surface area contributed by atoms with Gasteiger partial charge in [0, 0.05) is 11.5 Å². The zero-order chi connectivity index (χ0) is 22.5. The molecule has 1 aromatic rings. The molecule has 0 aromatic carbocycles. The van der Waals surface area contributed by atoms with E-state index in [1.165, 1.54) is 6.07 Å². The summed E-state index contributed by atoms with van der Waals surface area (Å²) < 4.78 is 48.4. The Kier molecular flexibility index (Phi) is 4.45. The van der Waals surface area contributed by atoms with Crippen molar-refractivity contribution < 1.29 is 26.3 Å². The van der Waals surface area contributed by atoms with Gasteiger partial charge in [0.2, 0.25) is 0 Å². The highest BCUT2D eigenvalue weighted by atomic mass is 32.3. The number of fused-ring (bicyclic) bond motifs is 3. The number of rotatable bonds is 3. The second-order valence-electron chi connectivity index (χ2n) is 11.4. The van der Waals surface area contributed by atoms with Crippen LogP contribution in [0.2, 0.25) is 0 Å². The van der Waals surface area contributed by atoms with E-state index in [0.717, 1.165) is 44.1 Å². The van der Waals surface area contributed by atoms with Gasteiger partial charge in [-0.25, -0.2) is 8.98 Å². The molecule has 1 N–H and O–H groups in total. The fraction of sp³-hybridized carbons (Fsp3) is 0.792. The Labute approximate surface area is 188 Å². The molecular formula is C24H32O7S. The maximum Gasteiger partial charge on any atom is 0.397 e. The first-order valence-corrected chi connectivity index (χ1v) is 13.4. The number of hydrogen-bond acceptors (Lipinski definition) is 6. The minimum absolute atomic E-state index is 0.0350. The van der Waals surface area contributed by atoms with Crippen molar-refractivity contribution in [1.29, 1.82) is 0 Å². The van der Waals surface area contributed by atoms with Gasteiger partial charge < -0.3 is 9.15 Å². The fourth-order valence-electron chi connectivity index (χ4n) is 8.98. The third-order valence-electron chi connectivity index (χ3n) is 10.4. The summed E-state index contributed by atoms with van der Waals surface area (Å²) in [6.07, 6.45) is 9.13. The highest BCUT2D eigenvalue weighted by molar-refractivity contribution is 7.80. The molecule has 1 saturated heterocycles. The second-order valence-corrected chi connectivity index (χ2v) is 12.5. The smallest absolute Gasteiger partial charge is 0.397 e. The molecule has 2 unspecified atom stereocenters. The van der Waals surface area contributed by atoms with Crippen LogP contribution in [-0.4, -0.2) is 30.8 Å². The van der Waals surface area contributed by atoms with E-state index in [2.05, 4.69) is 13.8 Å². The molecule has 0 bridgehead atoms. The second kappa shape index (κ2) is 6.68. The summed E-state index contributed by atoms with van der Waals surface area (Å²) in [4.78, 5) is 11.5. The third kappa shape index (κ3) is 2.82. The van der Waals surface area contributed by atoms with Gasteiger partial charge >= 0.3 is 16.0 Å². The van der Waals surface area contributed by atoms with Crippen LogP contribution < -0.4 is 5.63 Å². The van der Waals surface area contributed by atoms with Crippen molar-refractivity contribution in [1.82, 2.24) is 0 Å². The van der Waals surface area contributed by atoms with Crippen LogP contribution in [0.4, 0.5) is 0 Å². The highest BCUT2D eigenvalue weighted by Crippen LogP contribution is 2.78. The van der Waals surface area contributed by atoms with Crippen molar-refractivity contribution in [2.75, 3.05) is 0 Å². The molecule has 0 amide bonds. The van der Waals surface area contributed by atoms with Crippen LogP contribution in [0.15, 0.2) is 27.6 Å². The molecule has 8 heteroatoms. The van der Waals surface area contributed by atoms with Crippen LogP contribution >= 0.6 is 0 Å². The van der Waals surface area contributed by atoms with Gasteiger partial charge in [-0.05, 0) is 92.1 Å². The van der Waals surface area contributed by atoms with E-state index in [-0.39, 0.29) is 28.2 Å². The van der Waals surface area contributed by atoms with Crippen molar-refractivity contribution in [3.63, 3.8) is 0 Å². The van der Waals surface area contributed by atoms with E-state index in [1.807, 2.05) is 6.07 Å². The van der Waals surface area contributed by atoms with Gasteiger partial charge in [-0.3, -0.25) is 4.55 Å². The van der Waals surface area contributed by atoms with Gasteiger partial charge in [-0.2, -0.15) is 8.42 Å². The molecule has 5 fully saturated rings. The topological polar surface area (TPSA) is 106 Å². The van der Waals surface area contributed by atoms with E-state index in [1.54, 1.807) is 6.26 Å². The summed E-state index contributed by atoms with van der Waals surface area (Å²) in [7, 11) is -4.41.